The van der Waals surface area contributed by atoms with Crippen LogP contribution in [-0.4, -0.2) is 33.0 Å². The number of ether oxygens (including phenoxy) is 1. The van der Waals surface area contributed by atoms with E-state index in [1.807, 2.05) is 25.4 Å². The van der Waals surface area contributed by atoms with Gasteiger partial charge in [-0.2, -0.15) is 0 Å². The van der Waals surface area contributed by atoms with E-state index in [1.165, 1.54) is 4.90 Å². The zero-order valence-corrected chi connectivity index (χ0v) is 13.1. The van der Waals surface area contributed by atoms with Gasteiger partial charge in [0.05, 0.1) is 6.61 Å². The minimum Gasteiger partial charge on any atom is -0.494 e. The van der Waals surface area contributed by atoms with Gasteiger partial charge in [-0.3, -0.25) is 0 Å². The Morgan fingerprint density at radius 2 is 2.05 bits per heavy atom. The van der Waals surface area contributed by atoms with Crippen molar-refractivity contribution in [1.29, 1.82) is 0 Å². The first-order chi connectivity index (χ1) is 9.76. The monoisotopic (exact) mass is 295 g/mol. The third-order valence-electron chi connectivity index (χ3n) is 2.74. The minimum atomic E-state index is 0.704. The van der Waals surface area contributed by atoms with E-state index in [9.17, 15) is 0 Å². The molecule has 0 saturated carbocycles. The van der Waals surface area contributed by atoms with Crippen molar-refractivity contribution in [2.24, 2.45) is 5.73 Å². The fraction of sp³-hybridized carbons (Fsp3) is 0.467. The van der Waals surface area contributed by atoms with E-state index >= 15 is 0 Å². The molecule has 1 aromatic carbocycles. The fourth-order valence-corrected chi connectivity index (χ4v) is 1.99. The molecule has 4 nitrogen and oxygen atoms in total. The van der Waals surface area contributed by atoms with Gasteiger partial charge in [-0.1, -0.05) is 0 Å². The predicted molar refractivity (Wildman–Crippen MR) is 87.2 cm³/mol. The Morgan fingerprint density at radius 1 is 1.30 bits per heavy atom. The number of benzene rings is 1. The Kier molecular flexibility index (Phi) is 8.74. The predicted octanol–water partition coefficient (Wildman–Crippen LogP) is 2.18. The van der Waals surface area contributed by atoms with Crippen molar-refractivity contribution in [3.63, 3.8) is 0 Å². The van der Waals surface area contributed by atoms with Gasteiger partial charge in [0.25, 0.3) is 0 Å². The lowest BCUT2D eigenvalue weighted by Gasteiger charge is -2.07. The second-order valence-corrected chi connectivity index (χ2v) is 5.28. The normalized spacial score (nSPS) is 11.4. The van der Waals surface area contributed by atoms with Crippen LogP contribution in [-0.2, 0) is 0 Å². The lowest BCUT2D eigenvalue weighted by molar-refractivity contribution is 0.310. The molecular weight excluding hydrogens is 270 g/mol. The summed E-state index contributed by atoms with van der Waals surface area (Å²) in [6, 6.07) is 8.16. The Labute approximate surface area is 126 Å². The van der Waals surface area contributed by atoms with Crippen LogP contribution in [0.2, 0.25) is 0 Å². The van der Waals surface area contributed by atoms with Crippen molar-refractivity contribution < 1.29 is 4.74 Å². The summed E-state index contributed by atoms with van der Waals surface area (Å²) in [6.45, 7) is 2.47. The van der Waals surface area contributed by atoms with Crippen LogP contribution >= 0.6 is 11.8 Å². The molecule has 0 bridgehead atoms. The first-order valence-electron chi connectivity index (χ1n) is 6.85. The largest absolute Gasteiger partial charge is 0.494 e. The Bertz CT molecular complexity index is 393. The molecule has 0 amide bonds. The molecule has 0 aliphatic heterocycles. The highest BCUT2D eigenvalue weighted by Crippen LogP contribution is 2.18. The summed E-state index contributed by atoms with van der Waals surface area (Å²) in [5, 5.41) is 6.27. The first-order valence-corrected chi connectivity index (χ1v) is 8.08. The molecule has 1 aromatic rings. The van der Waals surface area contributed by atoms with E-state index < -0.39 is 0 Å². The molecule has 0 spiro atoms. The minimum absolute atomic E-state index is 0.704. The van der Waals surface area contributed by atoms with Gasteiger partial charge in [0.2, 0.25) is 0 Å². The fourth-order valence-electron chi connectivity index (χ4n) is 1.58. The van der Waals surface area contributed by atoms with E-state index in [2.05, 4.69) is 29.0 Å². The van der Waals surface area contributed by atoms with Gasteiger partial charge in [0, 0.05) is 36.3 Å². The highest BCUT2D eigenvalue weighted by molar-refractivity contribution is 7.98. The Hall–Kier alpha value is -1.33. The number of hydrogen-bond donors (Lipinski definition) is 3. The SMILES string of the molecule is CNCC/C(N)=C/NCCCOc1ccc(SC)cc1. The molecule has 1 rings (SSSR count). The summed E-state index contributed by atoms with van der Waals surface area (Å²) in [4.78, 5) is 1.25. The van der Waals surface area contributed by atoms with Crippen LogP contribution in [0.15, 0.2) is 41.1 Å². The molecule has 112 valence electrons. The van der Waals surface area contributed by atoms with E-state index in [0.717, 1.165) is 37.4 Å². The number of nitrogens with two attached hydrogens (primary N) is 1. The lowest BCUT2D eigenvalue weighted by atomic mass is 10.3. The molecule has 0 aliphatic carbocycles. The number of hydrogen-bond acceptors (Lipinski definition) is 5. The third kappa shape index (κ3) is 7.31. The lowest BCUT2D eigenvalue weighted by Crippen LogP contribution is -2.16. The van der Waals surface area contributed by atoms with Gasteiger partial charge in [-0.05, 0) is 44.0 Å². The molecule has 4 N–H and O–H groups in total. The van der Waals surface area contributed by atoms with E-state index in [-0.39, 0.29) is 0 Å². The molecule has 0 radical (unpaired) electrons. The summed E-state index contributed by atoms with van der Waals surface area (Å²) in [5.41, 5.74) is 6.69. The quantitative estimate of drug-likeness (QED) is 0.456. The molecular formula is C15H25N3OS. The van der Waals surface area contributed by atoms with Crippen molar-refractivity contribution >= 4 is 11.8 Å². The maximum Gasteiger partial charge on any atom is 0.119 e. The second-order valence-electron chi connectivity index (χ2n) is 4.40. The van der Waals surface area contributed by atoms with Crippen molar-refractivity contribution in [3.05, 3.63) is 36.2 Å². The third-order valence-corrected chi connectivity index (χ3v) is 3.49. The molecule has 0 fully saturated rings. The summed E-state index contributed by atoms with van der Waals surface area (Å²) >= 11 is 1.73. The highest BCUT2D eigenvalue weighted by atomic mass is 32.2. The van der Waals surface area contributed by atoms with Crippen LogP contribution in [0.3, 0.4) is 0 Å². The number of rotatable bonds is 10. The summed E-state index contributed by atoms with van der Waals surface area (Å²) < 4.78 is 5.67. The Morgan fingerprint density at radius 3 is 2.70 bits per heavy atom. The second kappa shape index (κ2) is 10.5. The van der Waals surface area contributed by atoms with Gasteiger partial charge >= 0.3 is 0 Å². The summed E-state index contributed by atoms with van der Waals surface area (Å²) in [6.07, 6.45) is 5.75. The summed E-state index contributed by atoms with van der Waals surface area (Å²) in [5.74, 6) is 0.923. The van der Waals surface area contributed by atoms with Gasteiger partial charge in [0.15, 0.2) is 0 Å². The summed E-state index contributed by atoms with van der Waals surface area (Å²) in [7, 11) is 1.92. The van der Waals surface area contributed by atoms with Gasteiger partial charge < -0.3 is 21.1 Å². The van der Waals surface area contributed by atoms with Crippen molar-refractivity contribution in [1.82, 2.24) is 10.6 Å². The maximum absolute atomic E-state index is 5.82. The van der Waals surface area contributed by atoms with Gasteiger partial charge in [-0.15, -0.1) is 11.8 Å². The van der Waals surface area contributed by atoms with E-state index in [1.54, 1.807) is 11.8 Å². The molecule has 0 saturated heterocycles. The molecule has 0 unspecified atom stereocenters. The zero-order valence-electron chi connectivity index (χ0n) is 12.3. The Balaban J connectivity index is 2.09. The van der Waals surface area contributed by atoms with Crippen molar-refractivity contribution in [2.45, 2.75) is 17.7 Å². The van der Waals surface area contributed by atoms with Gasteiger partial charge in [0.1, 0.15) is 5.75 Å². The van der Waals surface area contributed by atoms with Crippen LogP contribution in [0.1, 0.15) is 12.8 Å². The standard InChI is InChI=1S/C15H25N3OS/c1-17-10-8-13(16)12-18-9-3-11-19-14-4-6-15(20-2)7-5-14/h4-7,12,17-18H,3,8-11,16H2,1-2H3/b13-12-. The zero-order chi connectivity index (χ0) is 14.6. The molecule has 0 atom stereocenters. The molecule has 20 heavy (non-hydrogen) atoms. The van der Waals surface area contributed by atoms with E-state index in [0.29, 0.717) is 6.61 Å². The topological polar surface area (TPSA) is 59.3 Å². The number of thioether (sulfide) groups is 1. The molecule has 0 heterocycles. The van der Waals surface area contributed by atoms with E-state index in [4.69, 9.17) is 10.5 Å². The van der Waals surface area contributed by atoms with Crippen LogP contribution < -0.4 is 21.1 Å². The smallest absolute Gasteiger partial charge is 0.119 e. The van der Waals surface area contributed by atoms with Gasteiger partial charge in [-0.25, -0.2) is 0 Å². The average molecular weight is 295 g/mol. The number of nitrogens with one attached hydrogen (secondary N) is 2. The van der Waals surface area contributed by atoms with Crippen molar-refractivity contribution in [3.8, 4) is 5.75 Å². The maximum atomic E-state index is 5.82. The van der Waals surface area contributed by atoms with Crippen LogP contribution in [0.25, 0.3) is 0 Å². The molecule has 5 heteroatoms. The van der Waals surface area contributed by atoms with Crippen LogP contribution in [0.5, 0.6) is 5.75 Å². The van der Waals surface area contributed by atoms with Crippen LogP contribution in [0, 0.1) is 0 Å². The first kappa shape index (κ1) is 16.7. The highest BCUT2D eigenvalue weighted by Gasteiger charge is 1.94. The average Bonchev–Trinajstić information content (AvgIpc) is 2.49. The molecule has 0 aliphatic rings. The van der Waals surface area contributed by atoms with Crippen molar-refractivity contribution in [2.75, 3.05) is 33.0 Å². The van der Waals surface area contributed by atoms with Crippen LogP contribution in [0.4, 0.5) is 0 Å². The molecule has 0 aromatic heterocycles.